The molecule has 0 N–H and O–H groups in total. The molecule has 1 aromatic heterocycles. The summed E-state index contributed by atoms with van der Waals surface area (Å²) in [5, 5.41) is 1.86. The van der Waals surface area contributed by atoms with E-state index in [0.29, 0.717) is 13.2 Å². The minimum Gasteiger partial charge on any atom is -0.377 e. The number of hydrogen-bond acceptors (Lipinski definition) is 4. The molecule has 3 nitrogen and oxygen atoms in total. The third-order valence-electron chi connectivity index (χ3n) is 2.02. The molecule has 0 aliphatic rings. The van der Waals surface area contributed by atoms with Crippen molar-refractivity contribution in [2.45, 2.75) is 24.8 Å². The van der Waals surface area contributed by atoms with Crippen LogP contribution in [-0.2, 0) is 4.74 Å². The van der Waals surface area contributed by atoms with Gasteiger partial charge in [-0.25, -0.2) is 0 Å². The first-order chi connectivity index (χ1) is 7.50. The predicted molar refractivity (Wildman–Crippen MR) is 69.6 cm³/mol. The second-order valence-corrected chi connectivity index (χ2v) is 5.24. The summed E-state index contributed by atoms with van der Waals surface area (Å²) in [6, 6.07) is 1.79. The van der Waals surface area contributed by atoms with Gasteiger partial charge in [0.05, 0.1) is 17.6 Å². The van der Waals surface area contributed by atoms with E-state index in [1.807, 2.05) is 19.2 Å². The SMILES string of the molecule is CC(C)OCCN(C)C(=O)c1cc(S)cs1. The lowest BCUT2D eigenvalue weighted by atomic mass is 10.4. The van der Waals surface area contributed by atoms with Gasteiger partial charge in [0.2, 0.25) is 0 Å². The molecule has 1 amide bonds. The summed E-state index contributed by atoms with van der Waals surface area (Å²) in [4.78, 5) is 15.1. The first-order valence-electron chi connectivity index (χ1n) is 5.15. The van der Waals surface area contributed by atoms with Crippen LogP contribution in [-0.4, -0.2) is 37.1 Å². The third kappa shape index (κ3) is 4.15. The van der Waals surface area contributed by atoms with Crippen LogP contribution in [0.3, 0.4) is 0 Å². The number of rotatable bonds is 5. The van der Waals surface area contributed by atoms with Gasteiger partial charge in [0, 0.05) is 23.9 Å². The quantitative estimate of drug-likeness (QED) is 0.823. The van der Waals surface area contributed by atoms with E-state index < -0.39 is 0 Å². The number of nitrogens with zero attached hydrogens (tertiary/aromatic N) is 1. The standard InChI is InChI=1S/C11H17NO2S2/c1-8(2)14-5-4-12(3)11(13)10-6-9(15)7-16-10/h6-8,15H,4-5H2,1-3H3. The maximum atomic E-state index is 11.9. The Labute approximate surface area is 106 Å². The fourth-order valence-electron chi connectivity index (χ4n) is 1.15. The first kappa shape index (κ1) is 13.5. The molecule has 0 atom stereocenters. The summed E-state index contributed by atoms with van der Waals surface area (Å²) >= 11 is 5.60. The number of thiophene rings is 1. The number of ether oxygens (including phenoxy) is 1. The Morgan fingerprint density at radius 2 is 2.31 bits per heavy atom. The summed E-state index contributed by atoms with van der Waals surface area (Å²) in [6.07, 6.45) is 0.203. The molecule has 0 bridgehead atoms. The minimum absolute atomic E-state index is 0.0256. The van der Waals surface area contributed by atoms with Crippen molar-refractivity contribution in [1.82, 2.24) is 4.90 Å². The van der Waals surface area contributed by atoms with Gasteiger partial charge in [0.15, 0.2) is 0 Å². The summed E-state index contributed by atoms with van der Waals surface area (Å²) in [7, 11) is 1.78. The largest absolute Gasteiger partial charge is 0.377 e. The molecule has 0 spiro atoms. The molecule has 1 rings (SSSR count). The fourth-order valence-corrected chi connectivity index (χ4v) is 2.30. The summed E-state index contributed by atoms with van der Waals surface area (Å²) in [5.41, 5.74) is 0. The Morgan fingerprint density at radius 1 is 1.62 bits per heavy atom. The maximum Gasteiger partial charge on any atom is 0.263 e. The number of thiol groups is 1. The van der Waals surface area contributed by atoms with Crippen LogP contribution in [0.5, 0.6) is 0 Å². The minimum atomic E-state index is 0.0256. The maximum absolute atomic E-state index is 11.9. The van der Waals surface area contributed by atoms with Crippen LogP contribution >= 0.6 is 24.0 Å². The van der Waals surface area contributed by atoms with E-state index in [1.54, 1.807) is 18.0 Å². The van der Waals surface area contributed by atoms with Gasteiger partial charge in [-0.3, -0.25) is 4.79 Å². The molecule has 90 valence electrons. The number of hydrogen-bond donors (Lipinski definition) is 1. The van der Waals surface area contributed by atoms with Gasteiger partial charge in [0.25, 0.3) is 5.91 Å². The highest BCUT2D eigenvalue weighted by Gasteiger charge is 2.13. The second-order valence-electron chi connectivity index (χ2n) is 3.82. The lowest BCUT2D eigenvalue weighted by molar-refractivity contribution is 0.0534. The highest BCUT2D eigenvalue weighted by molar-refractivity contribution is 7.80. The Bertz CT molecular complexity index is 350. The molecule has 1 aromatic rings. The number of carbonyl (C=O) groups excluding carboxylic acids is 1. The topological polar surface area (TPSA) is 29.5 Å². The molecule has 0 radical (unpaired) electrons. The summed E-state index contributed by atoms with van der Waals surface area (Å²) in [5.74, 6) is 0.0256. The van der Waals surface area contributed by atoms with Gasteiger partial charge in [-0.1, -0.05) is 0 Å². The second kappa shape index (κ2) is 6.27. The first-order valence-corrected chi connectivity index (χ1v) is 6.48. The molecule has 0 saturated heterocycles. The van der Waals surface area contributed by atoms with E-state index in [2.05, 4.69) is 12.6 Å². The zero-order valence-corrected chi connectivity index (χ0v) is 11.5. The van der Waals surface area contributed by atoms with Crippen molar-refractivity contribution in [2.24, 2.45) is 0 Å². The van der Waals surface area contributed by atoms with Gasteiger partial charge >= 0.3 is 0 Å². The van der Waals surface area contributed by atoms with E-state index in [-0.39, 0.29) is 12.0 Å². The monoisotopic (exact) mass is 259 g/mol. The zero-order valence-electron chi connectivity index (χ0n) is 9.77. The molecule has 0 aliphatic carbocycles. The van der Waals surface area contributed by atoms with Crippen molar-refractivity contribution < 1.29 is 9.53 Å². The fraction of sp³-hybridized carbons (Fsp3) is 0.545. The number of likely N-dealkylation sites (N-methyl/N-ethyl adjacent to an activating group) is 1. The Morgan fingerprint density at radius 3 is 2.81 bits per heavy atom. The predicted octanol–water partition coefficient (Wildman–Crippen LogP) is 2.53. The van der Waals surface area contributed by atoms with Gasteiger partial charge in [-0.2, -0.15) is 0 Å². The Balaban J connectivity index is 2.42. The molecular formula is C11H17NO2S2. The average Bonchev–Trinajstić information content (AvgIpc) is 2.63. The van der Waals surface area contributed by atoms with Gasteiger partial charge in [0.1, 0.15) is 0 Å². The smallest absolute Gasteiger partial charge is 0.263 e. The van der Waals surface area contributed by atoms with Crippen LogP contribution < -0.4 is 0 Å². The normalized spacial score (nSPS) is 10.8. The third-order valence-corrected chi connectivity index (χ3v) is 3.37. The summed E-state index contributed by atoms with van der Waals surface area (Å²) < 4.78 is 5.40. The highest BCUT2D eigenvalue weighted by atomic mass is 32.1. The molecule has 16 heavy (non-hydrogen) atoms. The van der Waals surface area contributed by atoms with E-state index >= 15 is 0 Å². The van der Waals surface area contributed by atoms with E-state index in [0.717, 1.165) is 9.77 Å². The van der Waals surface area contributed by atoms with Crippen molar-refractivity contribution in [3.63, 3.8) is 0 Å². The van der Waals surface area contributed by atoms with Crippen molar-refractivity contribution in [1.29, 1.82) is 0 Å². The highest BCUT2D eigenvalue weighted by Crippen LogP contribution is 2.18. The van der Waals surface area contributed by atoms with Crippen LogP contribution in [0.1, 0.15) is 23.5 Å². The molecule has 0 fully saturated rings. The van der Waals surface area contributed by atoms with Crippen molar-refractivity contribution in [3.8, 4) is 0 Å². The van der Waals surface area contributed by atoms with E-state index in [9.17, 15) is 4.79 Å². The molecule has 1 heterocycles. The molecule has 5 heteroatoms. The van der Waals surface area contributed by atoms with Crippen LogP contribution in [0.25, 0.3) is 0 Å². The zero-order chi connectivity index (χ0) is 12.1. The van der Waals surface area contributed by atoms with Crippen LogP contribution in [0.15, 0.2) is 16.3 Å². The van der Waals surface area contributed by atoms with Crippen molar-refractivity contribution in [2.75, 3.05) is 20.2 Å². The van der Waals surface area contributed by atoms with E-state index in [4.69, 9.17) is 4.74 Å². The van der Waals surface area contributed by atoms with Crippen LogP contribution in [0, 0.1) is 0 Å². The number of carbonyl (C=O) groups is 1. The van der Waals surface area contributed by atoms with Crippen molar-refractivity contribution >= 4 is 29.9 Å². The van der Waals surface area contributed by atoms with Gasteiger partial charge < -0.3 is 9.64 Å². The molecule has 0 unspecified atom stereocenters. The lowest BCUT2D eigenvalue weighted by Gasteiger charge is -2.17. The molecule has 0 saturated carbocycles. The Kier molecular flexibility index (Phi) is 5.31. The van der Waals surface area contributed by atoms with Crippen LogP contribution in [0.2, 0.25) is 0 Å². The molecule has 0 aliphatic heterocycles. The van der Waals surface area contributed by atoms with E-state index in [1.165, 1.54) is 11.3 Å². The lowest BCUT2D eigenvalue weighted by Crippen LogP contribution is -2.30. The molecular weight excluding hydrogens is 242 g/mol. The Hall–Kier alpha value is -0.520. The molecule has 0 aromatic carbocycles. The number of amides is 1. The van der Waals surface area contributed by atoms with Gasteiger partial charge in [-0.05, 0) is 19.9 Å². The van der Waals surface area contributed by atoms with Gasteiger partial charge in [-0.15, -0.1) is 24.0 Å². The average molecular weight is 259 g/mol. The van der Waals surface area contributed by atoms with Crippen LogP contribution in [0.4, 0.5) is 0 Å². The van der Waals surface area contributed by atoms with Crippen molar-refractivity contribution in [3.05, 3.63) is 16.3 Å². The summed E-state index contributed by atoms with van der Waals surface area (Å²) in [6.45, 7) is 5.14.